The molecule has 25 heavy (non-hydrogen) atoms. The SMILES string of the molecule is CC(=O)c1ccc(NC(=O)[C@@H](C)Sc2nc3cc(Cl)ccc3s2)cc1. The molecule has 0 fully saturated rings. The van der Waals surface area contributed by atoms with Gasteiger partial charge < -0.3 is 5.32 Å². The van der Waals surface area contributed by atoms with Gasteiger partial charge in [-0.2, -0.15) is 0 Å². The zero-order valence-corrected chi connectivity index (χ0v) is 16.0. The fraction of sp³-hybridized carbons (Fsp3) is 0.167. The van der Waals surface area contributed by atoms with Gasteiger partial charge in [-0.3, -0.25) is 9.59 Å². The topological polar surface area (TPSA) is 59.1 Å². The average molecular weight is 391 g/mol. The lowest BCUT2D eigenvalue weighted by molar-refractivity contribution is -0.115. The summed E-state index contributed by atoms with van der Waals surface area (Å²) in [6.45, 7) is 3.35. The normalized spacial score (nSPS) is 12.1. The van der Waals surface area contributed by atoms with Crippen LogP contribution in [0.15, 0.2) is 46.8 Å². The van der Waals surface area contributed by atoms with Crippen molar-refractivity contribution in [1.82, 2.24) is 4.98 Å². The molecule has 1 heterocycles. The van der Waals surface area contributed by atoms with Crippen LogP contribution in [0.25, 0.3) is 10.2 Å². The van der Waals surface area contributed by atoms with Gasteiger partial charge in [-0.1, -0.05) is 23.4 Å². The minimum absolute atomic E-state index is 0.00209. The van der Waals surface area contributed by atoms with Crippen molar-refractivity contribution >= 4 is 62.3 Å². The second-order valence-corrected chi connectivity index (χ2v) is 8.53. The van der Waals surface area contributed by atoms with Crippen molar-refractivity contribution in [3.8, 4) is 0 Å². The van der Waals surface area contributed by atoms with Gasteiger partial charge in [0.2, 0.25) is 5.91 Å². The molecule has 1 aromatic heterocycles. The number of halogens is 1. The lowest BCUT2D eigenvalue weighted by Gasteiger charge is -2.10. The summed E-state index contributed by atoms with van der Waals surface area (Å²) in [6.07, 6.45) is 0. The third-order valence-corrected chi connectivity index (χ3v) is 6.00. The number of amides is 1. The van der Waals surface area contributed by atoms with Crippen LogP contribution >= 0.6 is 34.7 Å². The summed E-state index contributed by atoms with van der Waals surface area (Å²) in [5.41, 5.74) is 2.12. The molecule has 0 unspecified atom stereocenters. The van der Waals surface area contributed by atoms with Crippen LogP contribution in [-0.2, 0) is 4.79 Å². The maximum atomic E-state index is 12.4. The van der Waals surface area contributed by atoms with Crippen molar-refractivity contribution in [2.75, 3.05) is 5.32 Å². The molecule has 1 atom stereocenters. The van der Waals surface area contributed by atoms with Gasteiger partial charge in [0.25, 0.3) is 0 Å². The molecule has 0 saturated heterocycles. The summed E-state index contributed by atoms with van der Waals surface area (Å²) >= 11 is 8.93. The lowest BCUT2D eigenvalue weighted by atomic mass is 10.1. The monoisotopic (exact) mass is 390 g/mol. The van der Waals surface area contributed by atoms with E-state index in [1.54, 1.807) is 24.3 Å². The molecule has 0 aliphatic heterocycles. The van der Waals surface area contributed by atoms with Gasteiger partial charge in [-0.05, 0) is 56.3 Å². The highest BCUT2D eigenvalue weighted by Crippen LogP contribution is 2.33. The van der Waals surface area contributed by atoms with Crippen molar-refractivity contribution in [2.24, 2.45) is 0 Å². The number of ketones is 1. The van der Waals surface area contributed by atoms with E-state index in [1.807, 2.05) is 25.1 Å². The van der Waals surface area contributed by atoms with E-state index >= 15 is 0 Å². The molecule has 4 nitrogen and oxygen atoms in total. The van der Waals surface area contributed by atoms with Crippen LogP contribution in [-0.4, -0.2) is 21.9 Å². The van der Waals surface area contributed by atoms with Crippen LogP contribution < -0.4 is 5.32 Å². The first-order chi connectivity index (χ1) is 11.9. The smallest absolute Gasteiger partial charge is 0.237 e. The van der Waals surface area contributed by atoms with Crippen LogP contribution in [0.1, 0.15) is 24.2 Å². The Balaban J connectivity index is 1.66. The van der Waals surface area contributed by atoms with Crippen molar-refractivity contribution in [2.45, 2.75) is 23.4 Å². The number of carbonyl (C=O) groups is 2. The molecule has 128 valence electrons. The molecule has 1 amide bonds. The Labute approximate surface area is 158 Å². The number of thioether (sulfide) groups is 1. The second kappa shape index (κ2) is 7.56. The van der Waals surface area contributed by atoms with E-state index in [0.717, 1.165) is 14.6 Å². The highest BCUT2D eigenvalue weighted by Gasteiger charge is 2.17. The predicted molar refractivity (Wildman–Crippen MR) is 105 cm³/mol. The number of nitrogens with one attached hydrogen (secondary N) is 1. The van der Waals surface area contributed by atoms with Gasteiger partial charge in [0.05, 0.1) is 15.5 Å². The summed E-state index contributed by atoms with van der Waals surface area (Å²) < 4.78 is 1.87. The Bertz CT molecular complexity index is 938. The van der Waals surface area contributed by atoms with Crippen LogP contribution in [0.4, 0.5) is 5.69 Å². The first kappa shape index (κ1) is 17.9. The van der Waals surface area contributed by atoms with Crippen LogP contribution in [0, 0.1) is 0 Å². The largest absolute Gasteiger partial charge is 0.325 e. The number of benzene rings is 2. The maximum absolute atomic E-state index is 12.4. The van der Waals surface area contributed by atoms with Crippen LogP contribution in [0.5, 0.6) is 0 Å². The number of thiazole rings is 1. The molecule has 0 aliphatic rings. The van der Waals surface area contributed by atoms with Gasteiger partial charge >= 0.3 is 0 Å². The molecular weight excluding hydrogens is 376 g/mol. The summed E-state index contributed by atoms with van der Waals surface area (Å²) in [5, 5.41) is 3.20. The molecular formula is C18H15ClN2O2S2. The number of aromatic nitrogens is 1. The van der Waals surface area contributed by atoms with E-state index in [-0.39, 0.29) is 16.9 Å². The van der Waals surface area contributed by atoms with E-state index in [1.165, 1.54) is 30.0 Å². The third-order valence-electron chi connectivity index (χ3n) is 3.54. The summed E-state index contributed by atoms with van der Waals surface area (Å²) in [6, 6.07) is 12.4. The number of nitrogens with zero attached hydrogens (tertiary/aromatic N) is 1. The van der Waals surface area contributed by atoms with Gasteiger partial charge in [0.1, 0.15) is 0 Å². The molecule has 2 aromatic carbocycles. The Hall–Kier alpha value is -1.89. The number of hydrogen-bond donors (Lipinski definition) is 1. The van der Waals surface area contributed by atoms with Crippen molar-refractivity contribution in [3.63, 3.8) is 0 Å². The molecule has 3 aromatic rings. The Morgan fingerprint density at radius 1 is 1.20 bits per heavy atom. The predicted octanol–water partition coefficient (Wildman–Crippen LogP) is 5.27. The third kappa shape index (κ3) is 4.39. The molecule has 0 bridgehead atoms. The highest BCUT2D eigenvalue weighted by molar-refractivity contribution is 8.02. The van der Waals surface area contributed by atoms with E-state index in [4.69, 9.17) is 11.6 Å². The van der Waals surface area contributed by atoms with E-state index in [0.29, 0.717) is 16.3 Å². The summed E-state index contributed by atoms with van der Waals surface area (Å²) in [7, 11) is 0. The lowest BCUT2D eigenvalue weighted by Crippen LogP contribution is -2.22. The maximum Gasteiger partial charge on any atom is 0.237 e. The minimum Gasteiger partial charge on any atom is -0.325 e. The van der Waals surface area contributed by atoms with Gasteiger partial charge in [-0.25, -0.2) is 4.98 Å². The Morgan fingerprint density at radius 3 is 2.60 bits per heavy atom. The summed E-state index contributed by atoms with van der Waals surface area (Å²) in [5.74, 6) is -0.115. The molecule has 0 saturated carbocycles. The number of anilines is 1. The fourth-order valence-corrected chi connectivity index (χ4v) is 4.52. The van der Waals surface area contributed by atoms with E-state index < -0.39 is 0 Å². The number of carbonyl (C=O) groups excluding carboxylic acids is 2. The zero-order valence-electron chi connectivity index (χ0n) is 13.6. The zero-order chi connectivity index (χ0) is 18.0. The first-order valence-electron chi connectivity index (χ1n) is 7.57. The number of hydrogen-bond acceptors (Lipinski definition) is 5. The second-order valence-electron chi connectivity index (χ2n) is 5.47. The Morgan fingerprint density at radius 2 is 1.92 bits per heavy atom. The van der Waals surface area contributed by atoms with Gasteiger partial charge in [0.15, 0.2) is 10.1 Å². The van der Waals surface area contributed by atoms with Crippen LogP contribution in [0.2, 0.25) is 5.02 Å². The molecule has 3 rings (SSSR count). The average Bonchev–Trinajstić information content (AvgIpc) is 2.96. The Kier molecular flexibility index (Phi) is 5.42. The molecule has 7 heteroatoms. The molecule has 0 spiro atoms. The molecule has 1 N–H and O–H groups in total. The quantitative estimate of drug-likeness (QED) is 0.476. The first-order valence-corrected chi connectivity index (χ1v) is 9.64. The van der Waals surface area contributed by atoms with Gasteiger partial charge in [-0.15, -0.1) is 11.3 Å². The number of Topliss-reactive ketones (excluding diaryl/α,β-unsaturated/α-hetero) is 1. The molecule has 0 radical (unpaired) electrons. The molecule has 0 aliphatic carbocycles. The van der Waals surface area contributed by atoms with Gasteiger partial charge in [0, 0.05) is 16.3 Å². The van der Waals surface area contributed by atoms with E-state index in [9.17, 15) is 9.59 Å². The minimum atomic E-state index is -0.302. The van der Waals surface area contributed by atoms with Crippen molar-refractivity contribution in [3.05, 3.63) is 53.1 Å². The fourth-order valence-electron chi connectivity index (χ4n) is 2.17. The summed E-state index contributed by atoms with van der Waals surface area (Å²) in [4.78, 5) is 28.2. The highest BCUT2D eigenvalue weighted by atomic mass is 35.5. The van der Waals surface area contributed by atoms with E-state index in [2.05, 4.69) is 10.3 Å². The standard InChI is InChI=1S/C18H15ClN2O2S2/c1-10(22)12-3-6-14(7-4-12)20-17(23)11(2)24-18-21-15-9-13(19)5-8-16(15)25-18/h3-9,11H,1-2H3,(H,20,23)/t11-/m1/s1. The van der Waals surface area contributed by atoms with Crippen LogP contribution in [0.3, 0.4) is 0 Å². The van der Waals surface area contributed by atoms with Crippen molar-refractivity contribution in [1.29, 1.82) is 0 Å². The number of rotatable bonds is 5. The number of fused-ring (bicyclic) bond motifs is 1. The van der Waals surface area contributed by atoms with Crippen molar-refractivity contribution < 1.29 is 9.59 Å².